The molecule has 0 amide bonds. The molecule has 0 aromatic carbocycles. The lowest BCUT2D eigenvalue weighted by atomic mass is 9.58. The van der Waals surface area contributed by atoms with Crippen LogP contribution in [0, 0.1) is 28.6 Å². The average Bonchev–Trinajstić information content (AvgIpc) is 3.02. The van der Waals surface area contributed by atoms with Crippen molar-refractivity contribution < 1.29 is 29.3 Å². The first-order valence-electron chi connectivity index (χ1n) is 18.9. The van der Waals surface area contributed by atoms with Gasteiger partial charge < -0.3 is 14.9 Å². The van der Waals surface area contributed by atoms with Gasteiger partial charge in [0, 0.05) is 47.7 Å². The van der Waals surface area contributed by atoms with Crippen LogP contribution in [0.1, 0.15) is 127 Å². The van der Waals surface area contributed by atoms with Crippen molar-refractivity contribution in [2.45, 2.75) is 139 Å². The Hall–Kier alpha value is -3.79. The van der Waals surface area contributed by atoms with Crippen LogP contribution in [0.4, 0.5) is 0 Å². The highest BCUT2D eigenvalue weighted by Gasteiger charge is 2.53. The van der Waals surface area contributed by atoms with Crippen LogP contribution in [0.25, 0.3) is 0 Å². The number of allylic oxidation sites excluding steroid dienone is 14. The summed E-state index contributed by atoms with van der Waals surface area (Å²) in [5.74, 6) is 5.71. The molecule has 2 rings (SSSR count). The summed E-state index contributed by atoms with van der Waals surface area (Å²) in [6.07, 6.45) is 23.6. The number of carbonyl (C=O) groups is 3. The molecule has 0 aromatic heterocycles. The zero-order valence-electron chi connectivity index (χ0n) is 33.5. The SMILES string of the molecule is CCCCCC(=O)OC\C(=C/C=C/C(C)=C/C=C/C=C(C)/C=C/C=C(\C)C#CC1=C(C)C[C@@H](O)CC1(C)C)C(=O)C[C@]1(O)C(C)CC(=O)CC1(C)C. The Kier molecular flexibility index (Phi) is 17.5. The molecule has 1 fully saturated rings. The van der Waals surface area contributed by atoms with Crippen LogP contribution >= 0.6 is 0 Å². The van der Waals surface area contributed by atoms with Crippen molar-refractivity contribution in [3.8, 4) is 11.8 Å². The van der Waals surface area contributed by atoms with Gasteiger partial charge in [0.25, 0.3) is 0 Å². The Labute approximate surface area is 314 Å². The minimum atomic E-state index is -1.36. The van der Waals surface area contributed by atoms with Crippen LogP contribution in [0.5, 0.6) is 0 Å². The number of hydrogen-bond donors (Lipinski definition) is 2. The Morgan fingerprint density at radius 3 is 2.12 bits per heavy atom. The minimum Gasteiger partial charge on any atom is -0.461 e. The van der Waals surface area contributed by atoms with Gasteiger partial charge in [-0.1, -0.05) is 144 Å². The Balaban J connectivity index is 2.11. The number of esters is 1. The van der Waals surface area contributed by atoms with Gasteiger partial charge in [-0.2, -0.15) is 0 Å². The smallest absolute Gasteiger partial charge is 0.306 e. The monoisotopic (exact) mass is 712 g/mol. The summed E-state index contributed by atoms with van der Waals surface area (Å²) in [4.78, 5) is 38.2. The van der Waals surface area contributed by atoms with Crippen molar-refractivity contribution in [2.24, 2.45) is 16.7 Å². The second-order valence-electron chi connectivity index (χ2n) is 16.2. The van der Waals surface area contributed by atoms with Gasteiger partial charge in [-0.05, 0) is 58.4 Å². The summed E-state index contributed by atoms with van der Waals surface area (Å²) in [5, 5.41) is 21.8. The lowest BCUT2D eigenvalue weighted by Gasteiger charge is -2.49. The number of aliphatic hydroxyl groups excluding tert-OH is 1. The molecule has 284 valence electrons. The van der Waals surface area contributed by atoms with E-state index < -0.39 is 11.0 Å². The molecule has 1 unspecified atom stereocenters. The molecular formula is C46H64O6. The van der Waals surface area contributed by atoms with Crippen LogP contribution in [0.3, 0.4) is 0 Å². The largest absolute Gasteiger partial charge is 0.461 e. The molecule has 2 aliphatic rings. The number of carbonyl (C=O) groups excluding carboxylic acids is 3. The van der Waals surface area contributed by atoms with Crippen molar-refractivity contribution >= 4 is 17.5 Å². The maximum atomic E-state index is 13.6. The van der Waals surface area contributed by atoms with Crippen LogP contribution < -0.4 is 0 Å². The van der Waals surface area contributed by atoms with Crippen LogP contribution in [0.15, 0.2) is 94.2 Å². The van der Waals surface area contributed by atoms with E-state index in [9.17, 15) is 24.6 Å². The number of ketones is 2. The highest BCUT2D eigenvalue weighted by Crippen LogP contribution is 2.48. The molecule has 2 N–H and O–H groups in total. The van der Waals surface area contributed by atoms with Gasteiger partial charge in [-0.3, -0.25) is 14.4 Å². The third-order valence-corrected chi connectivity index (χ3v) is 10.3. The first-order chi connectivity index (χ1) is 24.3. The van der Waals surface area contributed by atoms with Gasteiger partial charge in [0.2, 0.25) is 0 Å². The van der Waals surface area contributed by atoms with Crippen LogP contribution in [0.2, 0.25) is 0 Å². The second-order valence-corrected chi connectivity index (χ2v) is 16.2. The maximum Gasteiger partial charge on any atom is 0.306 e. The predicted octanol–water partition coefficient (Wildman–Crippen LogP) is 9.76. The second kappa shape index (κ2) is 20.5. The van der Waals surface area contributed by atoms with Gasteiger partial charge in [0.1, 0.15) is 12.4 Å². The molecule has 0 saturated heterocycles. The van der Waals surface area contributed by atoms with Gasteiger partial charge in [0.15, 0.2) is 5.78 Å². The summed E-state index contributed by atoms with van der Waals surface area (Å²) in [6, 6.07) is 0. The third-order valence-electron chi connectivity index (χ3n) is 10.3. The molecule has 6 heteroatoms. The van der Waals surface area contributed by atoms with Crippen molar-refractivity contribution in [3.63, 3.8) is 0 Å². The predicted molar refractivity (Wildman–Crippen MR) is 213 cm³/mol. The van der Waals surface area contributed by atoms with Crippen molar-refractivity contribution in [2.75, 3.05) is 6.61 Å². The fraction of sp³-hybridized carbons (Fsp3) is 0.543. The first kappa shape index (κ1) is 44.4. The summed E-state index contributed by atoms with van der Waals surface area (Å²) in [6.45, 7) is 19.7. The quantitative estimate of drug-likeness (QED) is 0.0577. The first-order valence-corrected chi connectivity index (χ1v) is 18.9. The maximum absolute atomic E-state index is 13.6. The molecule has 0 aromatic rings. The van der Waals surface area contributed by atoms with E-state index in [1.165, 1.54) is 5.57 Å². The van der Waals surface area contributed by atoms with Crippen LogP contribution in [-0.2, 0) is 19.1 Å². The molecule has 0 heterocycles. The summed E-state index contributed by atoms with van der Waals surface area (Å²) in [7, 11) is 0. The molecule has 3 atom stereocenters. The number of Topliss-reactive ketones (excluding diaryl/α,β-unsaturated/α-hetero) is 2. The van der Waals surface area contributed by atoms with E-state index in [-0.39, 0.29) is 60.8 Å². The normalized spacial score (nSPS) is 24.5. The minimum absolute atomic E-state index is 0.0900. The lowest BCUT2D eigenvalue weighted by Crippen LogP contribution is -2.56. The molecule has 6 nitrogen and oxygen atoms in total. The van der Waals surface area contributed by atoms with Crippen molar-refractivity contribution in [3.05, 3.63) is 94.2 Å². The van der Waals surface area contributed by atoms with Gasteiger partial charge in [0.05, 0.1) is 11.7 Å². The highest BCUT2D eigenvalue weighted by atomic mass is 16.5. The van der Waals surface area contributed by atoms with E-state index in [0.29, 0.717) is 18.4 Å². The third kappa shape index (κ3) is 14.0. The number of rotatable bonds is 15. The zero-order valence-corrected chi connectivity index (χ0v) is 33.5. The molecule has 2 aliphatic carbocycles. The Bertz CT molecular complexity index is 1610. The average molecular weight is 713 g/mol. The lowest BCUT2D eigenvalue weighted by molar-refractivity contribution is -0.162. The molecule has 0 radical (unpaired) electrons. The Morgan fingerprint density at radius 2 is 1.54 bits per heavy atom. The highest BCUT2D eigenvalue weighted by molar-refractivity contribution is 5.97. The van der Waals surface area contributed by atoms with Crippen molar-refractivity contribution in [1.29, 1.82) is 0 Å². The fourth-order valence-electron chi connectivity index (χ4n) is 7.10. The van der Waals surface area contributed by atoms with E-state index in [4.69, 9.17) is 4.74 Å². The number of unbranched alkanes of at least 4 members (excludes halogenated alkanes) is 2. The van der Waals surface area contributed by atoms with Gasteiger partial charge in [-0.25, -0.2) is 0 Å². The van der Waals surface area contributed by atoms with E-state index in [1.54, 1.807) is 12.2 Å². The van der Waals surface area contributed by atoms with Crippen molar-refractivity contribution in [1.82, 2.24) is 0 Å². The summed E-state index contributed by atoms with van der Waals surface area (Å²) >= 11 is 0. The van der Waals surface area contributed by atoms with E-state index in [1.807, 2.05) is 90.2 Å². The number of hydrogen-bond acceptors (Lipinski definition) is 6. The molecular weight excluding hydrogens is 649 g/mol. The molecule has 0 bridgehead atoms. The molecule has 1 saturated carbocycles. The summed E-state index contributed by atoms with van der Waals surface area (Å²) in [5.41, 5.74) is 3.36. The van der Waals surface area contributed by atoms with Crippen LogP contribution in [-0.4, -0.2) is 46.1 Å². The summed E-state index contributed by atoms with van der Waals surface area (Å²) < 4.78 is 5.49. The molecule has 0 aliphatic heterocycles. The number of ether oxygens (including phenoxy) is 1. The molecule has 52 heavy (non-hydrogen) atoms. The standard InChI is InChI=1S/C46H64O6/c1-11-12-13-24-43(50)52-32-38(42(49)31-46(51)37(6)28-40(48)30-45(46,9)10)23-17-22-34(3)19-15-14-18-33(2)20-16-21-35(4)25-26-41-36(5)27-39(47)29-44(41,7)8/h14-23,37,39,47,51H,11-13,24,27-32H2,1-10H3/b15-14+,20-16+,22-17+,33-18+,34-19+,35-21+,38-23+/t37?,39-,46+/m1/s1. The molecule has 0 spiro atoms. The topological polar surface area (TPSA) is 101 Å². The van der Waals surface area contributed by atoms with E-state index >= 15 is 0 Å². The van der Waals surface area contributed by atoms with Gasteiger partial charge in [-0.15, -0.1) is 0 Å². The Morgan fingerprint density at radius 1 is 0.923 bits per heavy atom. The van der Waals surface area contributed by atoms with E-state index in [2.05, 4.69) is 39.5 Å². The zero-order chi connectivity index (χ0) is 39.1. The number of aliphatic hydroxyl groups is 2. The van der Waals surface area contributed by atoms with Gasteiger partial charge >= 0.3 is 5.97 Å². The fourth-order valence-corrected chi connectivity index (χ4v) is 7.10. The van der Waals surface area contributed by atoms with E-state index in [0.717, 1.165) is 48.0 Å².